The van der Waals surface area contributed by atoms with E-state index in [0.717, 1.165) is 23.1 Å². The largest absolute Gasteiger partial charge is 0.375 e. The van der Waals surface area contributed by atoms with Gasteiger partial charge in [0.1, 0.15) is 12.4 Å². The fraction of sp³-hybridized carbons (Fsp3) is 0.391. The Hall–Kier alpha value is -2.73. The SMILES string of the molecule is CNC(=O)C1(Cc2cccc(-c3cccc(F)c3)c2)CCCN(C(=O)COC)C1. The number of nitrogens with one attached hydrogen (secondary N) is 1. The highest BCUT2D eigenvalue weighted by molar-refractivity contribution is 5.85. The molecule has 2 aromatic carbocycles. The zero-order valence-electron chi connectivity index (χ0n) is 16.9. The number of likely N-dealkylation sites (tertiary alicyclic amines) is 1. The van der Waals surface area contributed by atoms with Crippen molar-refractivity contribution in [1.29, 1.82) is 0 Å². The number of piperidine rings is 1. The molecule has 1 atom stereocenters. The van der Waals surface area contributed by atoms with Crippen molar-refractivity contribution in [1.82, 2.24) is 10.2 Å². The van der Waals surface area contributed by atoms with Crippen LogP contribution in [0.5, 0.6) is 0 Å². The van der Waals surface area contributed by atoms with Gasteiger partial charge >= 0.3 is 0 Å². The molecule has 3 rings (SSSR count). The Labute approximate surface area is 170 Å². The van der Waals surface area contributed by atoms with Crippen molar-refractivity contribution in [3.05, 3.63) is 59.9 Å². The standard InChI is InChI=1S/C23H27FN2O3/c1-25-22(28)23(10-5-11-26(16-23)21(27)15-29-2)14-17-6-3-7-18(12-17)19-8-4-9-20(24)13-19/h3-4,6-9,12-13H,5,10-11,14-16H2,1-2H3,(H,25,28). The van der Waals surface area contributed by atoms with Crippen LogP contribution < -0.4 is 5.32 Å². The van der Waals surface area contributed by atoms with E-state index in [9.17, 15) is 14.0 Å². The van der Waals surface area contributed by atoms with Crippen LogP contribution in [0.4, 0.5) is 4.39 Å². The van der Waals surface area contributed by atoms with E-state index in [1.165, 1.54) is 19.2 Å². The van der Waals surface area contributed by atoms with Gasteiger partial charge in [0.05, 0.1) is 5.41 Å². The van der Waals surface area contributed by atoms with Crippen LogP contribution in [0.15, 0.2) is 48.5 Å². The van der Waals surface area contributed by atoms with E-state index < -0.39 is 5.41 Å². The van der Waals surface area contributed by atoms with Gasteiger partial charge in [-0.3, -0.25) is 9.59 Å². The molecule has 0 aliphatic carbocycles. The molecule has 29 heavy (non-hydrogen) atoms. The van der Waals surface area contributed by atoms with Gasteiger partial charge in [0.25, 0.3) is 0 Å². The van der Waals surface area contributed by atoms with Crippen molar-refractivity contribution in [3.8, 4) is 11.1 Å². The number of ether oxygens (including phenoxy) is 1. The summed E-state index contributed by atoms with van der Waals surface area (Å²) in [5.74, 6) is -0.452. The van der Waals surface area contributed by atoms with Crippen molar-refractivity contribution < 1.29 is 18.7 Å². The molecule has 1 heterocycles. The molecular weight excluding hydrogens is 371 g/mol. The predicted molar refractivity (Wildman–Crippen MR) is 110 cm³/mol. The Bertz CT molecular complexity index is 886. The second-order valence-electron chi connectivity index (χ2n) is 7.60. The molecule has 0 radical (unpaired) electrons. The molecule has 2 amide bonds. The minimum atomic E-state index is -0.697. The Morgan fingerprint density at radius 1 is 1.17 bits per heavy atom. The first-order chi connectivity index (χ1) is 14.0. The number of carbonyl (C=O) groups excluding carboxylic acids is 2. The number of rotatable bonds is 6. The zero-order valence-corrected chi connectivity index (χ0v) is 16.9. The summed E-state index contributed by atoms with van der Waals surface area (Å²) in [6.07, 6.45) is 1.96. The minimum absolute atomic E-state index is 0.0128. The van der Waals surface area contributed by atoms with Crippen LogP contribution in [0.3, 0.4) is 0 Å². The molecule has 0 spiro atoms. The van der Waals surface area contributed by atoms with Gasteiger partial charge in [0, 0.05) is 27.2 Å². The van der Waals surface area contributed by atoms with E-state index in [-0.39, 0.29) is 24.2 Å². The van der Waals surface area contributed by atoms with Crippen molar-refractivity contribution >= 4 is 11.8 Å². The highest BCUT2D eigenvalue weighted by atomic mass is 19.1. The molecular formula is C23H27FN2O3. The molecule has 1 saturated heterocycles. The molecule has 0 aromatic heterocycles. The van der Waals surface area contributed by atoms with Crippen LogP contribution >= 0.6 is 0 Å². The normalized spacial score (nSPS) is 19.1. The molecule has 1 aliphatic rings. The average Bonchev–Trinajstić information content (AvgIpc) is 2.73. The topological polar surface area (TPSA) is 58.6 Å². The third-order valence-electron chi connectivity index (χ3n) is 5.53. The van der Waals surface area contributed by atoms with Gasteiger partial charge in [-0.2, -0.15) is 0 Å². The average molecular weight is 398 g/mol. The van der Waals surface area contributed by atoms with E-state index in [4.69, 9.17) is 4.74 Å². The van der Waals surface area contributed by atoms with Crippen molar-refractivity contribution in [2.24, 2.45) is 5.41 Å². The quantitative estimate of drug-likeness (QED) is 0.814. The van der Waals surface area contributed by atoms with Gasteiger partial charge < -0.3 is 15.0 Å². The number of hydrogen-bond donors (Lipinski definition) is 1. The first kappa shape index (κ1) is 21.0. The number of hydrogen-bond acceptors (Lipinski definition) is 3. The minimum Gasteiger partial charge on any atom is -0.375 e. The van der Waals surface area contributed by atoms with Gasteiger partial charge in [-0.1, -0.05) is 36.4 Å². The maximum absolute atomic E-state index is 13.6. The first-order valence-corrected chi connectivity index (χ1v) is 9.81. The van der Waals surface area contributed by atoms with E-state index in [0.29, 0.717) is 25.9 Å². The molecule has 1 fully saturated rings. The number of methoxy groups -OCH3 is 1. The summed E-state index contributed by atoms with van der Waals surface area (Å²) in [6.45, 7) is 1.00. The monoisotopic (exact) mass is 398 g/mol. The summed E-state index contributed by atoms with van der Waals surface area (Å²) in [7, 11) is 3.12. The molecule has 1 aliphatic heterocycles. The van der Waals surface area contributed by atoms with E-state index >= 15 is 0 Å². The third-order valence-corrected chi connectivity index (χ3v) is 5.53. The lowest BCUT2D eigenvalue weighted by molar-refractivity contribution is -0.143. The van der Waals surface area contributed by atoms with Crippen LogP contribution in [0, 0.1) is 11.2 Å². The Balaban J connectivity index is 1.88. The summed E-state index contributed by atoms with van der Waals surface area (Å²) < 4.78 is 18.6. The van der Waals surface area contributed by atoms with Crippen LogP contribution in [-0.4, -0.2) is 50.6 Å². The Morgan fingerprint density at radius 2 is 1.90 bits per heavy atom. The lowest BCUT2D eigenvalue weighted by Crippen LogP contribution is -2.54. The molecule has 0 saturated carbocycles. The Kier molecular flexibility index (Phi) is 6.64. The van der Waals surface area contributed by atoms with Crippen LogP contribution in [0.25, 0.3) is 11.1 Å². The van der Waals surface area contributed by atoms with E-state index in [2.05, 4.69) is 5.32 Å². The fourth-order valence-electron chi connectivity index (χ4n) is 4.15. The summed E-state index contributed by atoms with van der Waals surface area (Å²) in [5, 5.41) is 2.78. The lowest BCUT2D eigenvalue weighted by atomic mass is 9.74. The lowest BCUT2D eigenvalue weighted by Gasteiger charge is -2.41. The van der Waals surface area contributed by atoms with Gasteiger partial charge in [-0.15, -0.1) is 0 Å². The van der Waals surface area contributed by atoms with Crippen molar-refractivity contribution in [3.63, 3.8) is 0 Å². The van der Waals surface area contributed by atoms with Crippen molar-refractivity contribution in [2.75, 3.05) is 33.9 Å². The molecule has 6 heteroatoms. The predicted octanol–water partition coefficient (Wildman–Crippen LogP) is 3.04. The van der Waals surface area contributed by atoms with Gasteiger partial charge in [0.2, 0.25) is 11.8 Å². The molecule has 1 N–H and O–H groups in total. The van der Waals surface area contributed by atoms with Gasteiger partial charge in [0.15, 0.2) is 0 Å². The summed E-state index contributed by atoms with van der Waals surface area (Å²) >= 11 is 0. The van der Waals surface area contributed by atoms with Crippen LogP contribution in [0.2, 0.25) is 0 Å². The number of benzene rings is 2. The molecule has 1 unspecified atom stereocenters. The zero-order chi connectivity index (χ0) is 20.9. The smallest absolute Gasteiger partial charge is 0.248 e. The highest BCUT2D eigenvalue weighted by Crippen LogP contribution is 2.35. The summed E-state index contributed by atoms with van der Waals surface area (Å²) in [6, 6.07) is 14.3. The number of nitrogens with zero attached hydrogens (tertiary/aromatic N) is 1. The number of carbonyl (C=O) groups is 2. The maximum atomic E-state index is 13.6. The summed E-state index contributed by atoms with van der Waals surface area (Å²) in [4.78, 5) is 27.0. The van der Waals surface area contributed by atoms with Crippen molar-refractivity contribution in [2.45, 2.75) is 19.3 Å². The van der Waals surface area contributed by atoms with Gasteiger partial charge in [-0.05, 0) is 48.1 Å². The molecule has 2 aromatic rings. The third kappa shape index (κ3) is 4.82. The van der Waals surface area contributed by atoms with Crippen LogP contribution in [-0.2, 0) is 20.7 Å². The van der Waals surface area contributed by atoms with E-state index in [1.54, 1.807) is 18.0 Å². The maximum Gasteiger partial charge on any atom is 0.248 e. The number of halogens is 1. The Morgan fingerprint density at radius 3 is 2.59 bits per heavy atom. The second-order valence-corrected chi connectivity index (χ2v) is 7.60. The molecule has 0 bridgehead atoms. The fourth-order valence-corrected chi connectivity index (χ4v) is 4.15. The summed E-state index contributed by atoms with van der Waals surface area (Å²) in [5.41, 5.74) is 1.98. The first-order valence-electron chi connectivity index (χ1n) is 9.81. The van der Waals surface area contributed by atoms with E-state index in [1.807, 2.05) is 30.3 Å². The number of amides is 2. The van der Waals surface area contributed by atoms with Gasteiger partial charge in [-0.25, -0.2) is 4.39 Å². The molecule has 5 nitrogen and oxygen atoms in total. The van der Waals surface area contributed by atoms with Crippen LogP contribution in [0.1, 0.15) is 18.4 Å². The highest BCUT2D eigenvalue weighted by Gasteiger charge is 2.43. The molecule has 154 valence electrons. The second kappa shape index (κ2) is 9.18.